The lowest BCUT2D eigenvalue weighted by molar-refractivity contribution is -0.112. The molecule has 0 saturated carbocycles. The zero-order valence-corrected chi connectivity index (χ0v) is 18.1. The van der Waals surface area contributed by atoms with Crippen molar-refractivity contribution in [2.45, 2.75) is 6.61 Å². The van der Waals surface area contributed by atoms with Gasteiger partial charge in [-0.2, -0.15) is 5.26 Å². The van der Waals surface area contributed by atoms with E-state index in [9.17, 15) is 14.4 Å². The molecule has 0 fully saturated rings. The molecule has 0 saturated heterocycles. The van der Waals surface area contributed by atoms with Crippen molar-refractivity contribution in [1.29, 1.82) is 5.26 Å². The second-order valence-corrected chi connectivity index (χ2v) is 7.52. The third-order valence-electron chi connectivity index (χ3n) is 4.15. The first-order valence-electron chi connectivity index (χ1n) is 8.92. The number of nitrogens with one attached hydrogen (secondary N) is 1. The lowest BCUT2D eigenvalue weighted by Gasteiger charge is -2.12. The number of nitrogens with zero attached hydrogens (tertiary/aromatic N) is 1. The van der Waals surface area contributed by atoms with E-state index in [0.29, 0.717) is 21.8 Å². The standard InChI is InChI=1S/C23H14Cl3FN2O2/c24-17-6-2-4-8-21(17)29-23(30)16(12-28)9-14-10-18(25)22(19(26)11-14)31-13-15-5-1-3-7-20(15)27/h1-11H,13H2,(H,29,30)/b16-9+. The molecular formula is C23H14Cl3FN2O2. The molecule has 0 radical (unpaired) electrons. The van der Waals surface area contributed by atoms with Crippen LogP contribution in [0.3, 0.4) is 0 Å². The van der Waals surface area contributed by atoms with Gasteiger partial charge in [-0.1, -0.05) is 65.1 Å². The largest absolute Gasteiger partial charge is 0.486 e. The minimum atomic E-state index is -0.636. The summed E-state index contributed by atoms with van der Waals surface area (Å²) in [6, 6.07) is 17.7. The number of hydrogen-bond donors (Lipinski definition) is 1. The number of anilines is 1. The van der Waals surface area contributed by atoms with Gasteiger partial charge in [-0.15, -0.1) is 0 Å². The molecule has 0 aliphatic heterocycles. The van der Waals surface area contributed by atoms with Crippen molar-refractivity contribution in [2.24, 2.45) is 0 Å². The fourth-order valence-electron chi connectivity index (χ4n) is 2.63. The molecule has 3 rings (SSSR count). The van der Waals surface area contributed by atoms with Crippen LogP contribution in [0.15, 0.2) is 66.2 Å². The summed E-state index contributed by atoms with van der Waals surface area (Å²) in [7, 11) is 0. The molecule has 31 heavy (non-hydrogen) atoms. The monoisotopic (exact) mass is 474 g/mol. The molecule has 0 aromatic heterocycles. The molecule has 0 aliphatic rings. The Morgan fingerprint density at radius 2 is 1.68 bits per heavy atom. The van der Waals surface area contributed by atoms with E-state index in [0.717, 1.165) is 0 Å². The molecule has 0 heterocycles. The van der Waals surface area contributed by atoms with Gasteiger partial charge in [0.25, 0.3) is 5.91 Å². The van der Waals surface area contributed by atoms with Crippen molar-refractivity contribution >= 4 is 52.5 Å². The van der Waals surface area contributed by atoms with Gasteiger partial charge in [-0.05, 0) is 42.0 Å². The summed E-state index contributed by atoms with van der Waals surface area (Å²) in [6.07, 6.45) is 1.34. The third kappa shape index (κ3) is 5.77. The van der Waals surface area contributed by atoms with Crippen LogP contribution in [0.2, 0.25) is 15.1 Å². The first-order valence-corrected chi connectivity index (χ1v) is 10.1. The maximum absolute atomic E-state index is 13.8. The number of halogens is 4. The molecule has 0 unspecified atom stereocenters. The zero-order valence-electron chi connectivity index (χ0n) is 15.8. The van der Waals surface area contributed by atoms with E-state index in [-0.39, 0.29) is 28.0 Å². The van der Waals surface area contributed by atoms with Crippen LogP contribution in [0.25, 0.3) is 6.08 Å². The predicted octanol–water partition coefficient (Wildman–Crippen LogP) is 6.91. The van der Waals surface area contributed by atoms with Crippen molar-refractivity contribution in [3.63, 3.8) is 0 Å². The zero-order chi connectivity index (χ0) is 22.4. The van der Waals surface area contributed by atoms with E-state index in [4.69, 9.17) is 39.5 Å². The van der Waals surface area contributed by atoms with Gasteiger partial charge in [-0.3, -0.25) is 4.79 Å². The molecule has 8 heteroatoms. The van der Waals surface area contributed by atoms with Gasteiger partial charge in [0.1, 0.15) is 24.1 Å². The van der Waals surface area contributed by atoms with E-state index in [2.05, 4.69) is 5.32 Å². The lowest BCUT2D eigenvalue weighted by Crippen LogP contribution is -2.13. The molecule has 156 valence electrons. The van der Waals surface area contributed by atoms with Gasteiger partial charge in [-0.25, -0.2) is 4.39 Å². The van der Waals surface area contributed by atoms with Crippen LogP contribution in [0.5, 0.6) is 5.75 Å². The minimum absolute atomic E-state index is 0.0645. The van der Waals surface area contributed by atoms with Crippen LogP contribution >= 0.6 is 34.8 Å². The Bertz CT molecular complexity index is 1180. The van der Waals surface area contributed by atoms with Crippen LogP contribution in [0, 0.1) is 17.1 Å². The van der Waals surface area contributed by atoms with Gasteiger partial charge >= 0.3 is 0 Å². The van der Waals surface area contributed by atoms with Crippen LogP contribution in [-0.2, 0) is 11.4 Å². The number of rotatable bonds is 6. The molecule has 0 atom stereocenters. The number of amides is 1. The van der Waals surface area contributed by atoms with Gasteiger partial charge in [0.05, 0.1) is 20.8 Å². The number of ether oxygens (including phenoxy) is 1. The van der Waals surface area contributed by atoms with Crippen LogP contribution in [-0.4, -0.2) is 5.91 Å². The van der Waals surface area contributed by atoms with Crippen molar-refractivity contribution in [3.8, 4) is 11.8 Å². The van der Waals surface area contributed by atoms with Crippen LogP contribution in [0.4, 0.5) is 10.1 Å². The van der Waals surface area contributed by atoms with Crippen LogP contribution in [0.1, 0.15) is 11.1 Å². The molecule has 1 amide bonds. The lowest BCUT2D eigenvalue weighted by atomic mass is 10.1. The van der Waals surface area contributed by atoms with Crippen molar-refractivity contribution < 1.29 is 13.9 Å². The number of benzene rings is 3. The quantitative estimate of drug-likeness (QED) is 0.311. The maximum Gasteiger partial charge on any atom is 0.266 e. The predicted molar refractivity (Wildman–Crippen MR) is 121 cm³/mol. The Morgan fingerprint density at radius 1 is 1.03 bits per heavy atom. The van der Waals surface area contributed by atoms with Gasteiger partial charge in [0.15, 0.2) is 5.75 Å². The molecule has 0 aliphatic carbocycles. The van der Waals surface area contributed by atoms with E-state index in [1.807, 2.05) is 6.07 Å². The van der Waals surface area contributed by atoms with Gasteiger partial charge in [0.2, 0.25) is 0 Å². The van der Waals surface area contributed by atoms with Crippen LogP contribution < -0.4 is 10.1 Å². The average molecular weight is 476 g/mol. The summed E-state index contributed by atoms with van der Waals surface area (Å²) in [4.78, 5) is 12.4. The molecule has 0 bridgehead atoms. The number of hydrogen-bond acceptors (Lipinski definition) is 3. The smallest absolute Gasteiger partial charge is 0.266 e. The Morgan fingerprint density at radius 3 is 2.32 bits per heavy atom. The van der Waals surface area contributed by atoms with Crippen molar-refractivity contribution in [3.05, 3.63) is 98.2 Å². The van der Waals surface area contributed by atoms with Gasteiger partial charge < -0.3 is 10.1 Å². The average Bonchev–Trinajstić information content (AvgIpc) is 2.74. The fraction of sp³-hybridized carbons (Fsp3) is 0.0435. The summed E-state index contributed by atoms with van der Waals surface area (Å²) in [5, 5.41) is 12.6. The number of carbonyl (C=O) groups is 1. The van der Waals surface area contributed by atoms with Crippen molar-refractivity contribution in [1.82, 2.24) is 0 Å². The number of nitriles is 1. The summed E-state index contributed by atoms with van der Waals surface area (Å²) >= 11 is 18.6. The first kappa shape index (κ1) is 22.6. The van der Waals surface area contributed by atoms with Crippen molar-refractivity contribution in [2.75, 3.05) is 5.32 Å². The SMILES string of the molecule is N#C/C(=C\c1cc(Cl)c(OCc2ccccc2F)c(Cl)c1)C(=O)Nc1ccccc1Cl. The Balaban J connectivity index is 1.80. The molecular weight excluding hydrogens is 462 g/mol. The molecule has 3 aromatic rings. The third-order valence-corrected chi connectivity index (χ3v) is 5.04. The number of para-hydroxylation sites is 1. The van der Waals surface area contributed by atoms with E-state index >= 15 is 0 Å². The highest BCUT2D eigenvalue weighted by Gasteiger charge is 2.14. The topological polar surface area (TPSA) is 62.1 Å². The second kappa shape index (κ2) is 10.3. The van der Waals surface area contributed by atoms with E-state index < -0.39 is 11.7 Å². The second-order valence-electron chi connectivity index (χ2n) is 6.30. The molecule has 3 aromatic carbocycles. The molecule has 4 nitrogen and oxygen atoms in total. The maximum atomic E-state index is 13.8. The Kier molecular flexibility index (Phi) is 7.54. The highest BCUT2D eigenvalue weighted by atomic mass is 35.5. The highest BCUT2D eigenvalue weighted by Crippen LogP contribution is 2.35. The molecule has 0 spiro atoms. The minimum Gasteiger partial charge on any atom is -0.486 e. The Labute approximate surface area is 193 Å². The highest BCUT2D eigenvalue weighted by molar-refractivity contribution is 6.37. The summed E-state index contributed by atoms with van der Waals surface area (Å²) in [5.74, 6) is -0.872. The Hall–Kier alpha value is -3.04. The summed E-state index contributed by atoms with van der Waals surface area (Å²) < 4.78 is 19.3. The summed E-state index contributed by atoms with van der Waals surface area (Å²) in [5.41, 5.74) is 0.969. The first-order chi connectivity index (χ1) is 14.9. The molecule has 1 N–H and O–H groups in total. The van der Waals surface area contributed by atoms with Gasteiger partial charge in [0, 0.05) is 5.56 Å². The van der Waals surface area contributed by atoms with E-state index in [1.165, 1.54) is 24.3 Å². The number of carbonyl (C=O) groups excluding carboxylic acids is 1. The van der Waals surface area contributed by atoms with E-state index in [1.54, 1.807) is 42.5 Å². The fourth-order valence-corrected chi connectivity index (χ4v) is 3.43. The normalized spacial score (nSPS) is 11.0. The summed E-state index contributed by atoms with van der Waals surface area (Å²) in [6.45, 7) is -0.0645.